The summed E-state index contributed by atoms with van der Waals surface area (Å²) in [6, 6.07) is 0. The van der Waals surface area contributed by atoms with Gasteiger partial charge >= 0.3 is 17.9 Å². The van der Waals surface area contributed by atoms with E-state index in [1.165, 1.54) is 6.92 Å². The molecule has 0 aromatic rings. The van der Waals surface area contributed by atoms with Crippen LogP contribution in [0.3, 0.4) is 0 Å². The standard InChI is InChI=1S/C20H24O10/c1-6-12(23)28-11-9(21)18-8-5-7(16(2,3)4)17(18)10(22)13(24)29-15(17)30-20(18,14(25)27-8)19(6,11)26/h6-11,15,21-22,26H,5H2,1-4H3/t6-,7+,8-,9+,10+,11+,15+,17?,18-,19-,20-/m1/s1. The Morgan fingerprint density at radius 2 is 1.70 bits per heavy atom. The Hall–Kier alpha value is -1.75. The third kappa shape index (κ3) is 1.33. The molecule has 0 bridgehead atoms. The molecular formula is C20H24O10. The van der Waals surface area contributed by atoms with Crippen LogP contribution in [0.15, 0.2) is 0 Å². The van der Waals surface area contributed by atoms with E-state index in [2.05, 4.69) is 0 Å². The fraction of sp³-hybridized carbons (Fsp3) is 0.850. The molecule has 0 aromatic heterocycles. The van der Waals surface area contributed by atoms with Gasteiger partial charge in [0.2, 0.25) is 11.9 Å². The minimum absolute atomic E-state index is 0.229. The summed E-state index contributed by atoms with van der Waals surface area (Å²) in [5.74, 6) is -4.32. The highest BCUT2D eigenvalue weighted by atomic mass is 16.8. The van der Waals surface area contributed by atoms with Crippen molar-refractivity contribution in [3.8, 4) is 0 Å². The number of hydrogen-bond acceptors (Lipinski definition) is 10. The van der Waals surface area contributed by atoms with Crippen LogP contribution in [0.1, 0.15) is 34.1 Å². The molecule has 2 saturated carbocycles. The van der Waals surface area contributed by atoms with Gasteiger partial charge in [0.25, 0.3) is 0 Å². The van der Waals surface area contributed by atoms with E-state index in [9.17, 15) is 29.7 Å². The molecule has 2 aliphatic carbocycles. The molecule has 10 heteroatoms. The Morgan fingerprint density at radius 3 is 2.33 bits per heavy atom. The first kappa shape index (κ1) is 19.0. The van der Waals surface area contributed by atoms with E-state index in [-0.39, 0.29) is 6.42 Å². The maximum absolute atomic E-state index is 13.4. The van der Waals surface area contributed by atoms with E-state index >= 15 is 0 Å². The predicted octanol–water partition coefficient (Wildman–Crippen LogP) is -1.37. The molecule has 6 rings (SSSR count). The maximum atomic E-state index is 13.4. The quantitative estimate of drug-likeness (QED) is 0.314. The van der Waals surface area contributed by atoms with Gasteiger partial charge in [-0.2, -0.15) is 0 Å². The topological polar surface area (TPSA) is 149 Å². The molecule has 4 heterocycles. The summed E-state index contributed by atoms with van der Waals surface area (Å²) >= 11 is 0. The van der Waals surface area contributed by atoms with Crippen LogP contribution in [0.5, 0.6) is 0 Å². The van der Waals surface area contributed by atoms with Crippen LogP contribution in [0.2, 0.25) is 0 Å². The Balaban J connectivity index is 1.72. The van der Waals surface area contributed by atoms with Gasteiger partial charge in [0.1, 0.15) is 12.2 Å². The van der Waals surface area contributed by atoms with E-state index in [1.54, 1.807) is 0 Å². The number of carbonyl (C=O) groups is 3. The number of aliphatic hydroxyl groups excluding tert-OH is 2. The maximum Gasteiger partial charge on any atom is 0.343 e. The van der Waals surface area contributed by atoms with Crippen LogP contribution in [-0.4, -0.2) is 75.1 Å². The van der Waals surface area contributed by atoms with Crippen molar-refractivity contribution in [2.75, 3.05) is 0 Å². The molecule has 4 saturated heterocycles. The molecule has 0 aromatic carbocycles. The molecule has 4 aliphatic heterocycles. The van der Waals surface area contributed by atoms with Crippen molar-refractivity contribution < 1.29 is 48.7 Å². The zero-order valence-corrected chi connectivity index (χ0v) is 16.9. The Morgan fingerprint density at radius 1 is 1.03 bits per heavy atom. The summed E-state index contributed by atoms with van der Waals surface area (Å²) in [5.41, 5.74) is -8.26. The highest BCUT2D eigenvalue weighted by molar-refractivity contribution is 5.94. The highest BCUT2D eigenvalue weighted by Crippen LogP contribution is 2.84. The third-order valence-corrected chi connectivity index (χ3v) is 9.00. The van der Waals surface area contributed by atoms with E-state index < -0.39 is 87.9 Å². The van der Waals surface area contributed by atoms with E-state index in [0.29, 0.717) is 0 Å². The minimum atomic E-state index is -2.24. The Bertz CT molecular complexity index is 925. The lowest BCUT2D eigenvalue weighted by Crippen LogP contribution is -2.67. The third-order valence-electron chi connectivity index (χ3n) is 9.00. The number of esters is 3. The SMILES string of the molecule is C[C@@H]1C(=O)O[C@H]2[C@H](O)[C@]34[C@H]5C[C@@H](C(C)(C)C)C36[C@@H](OC(=O)[C@@H]6O)O[C@@]4(C(=O)O5)[C@@]12O. The fourth-order valence-corrected chi connectivity index (χ4v) is 8.12. The average molecular weight is 424 g/mol. The number of ether oxygens (including phenoxy) is 4. The molecule has 0 amide bonds. The molecule has 30 heavy (non-hydrogen) atoms. The number of carbonyl (C=O) groups excluding carboxylic acids is 3. The van der Waals surface area contributed by atoms with Gasteiger partial charge < -0.3 is 34.3 Å². The second-order valence-corrected chi connectivity index (χ2v) is 10.7. The highest BCUT2D eigenvalue weighted by Gasteiger charge is 3.03. The normalized spacial score (nSPS) is 60.1. The smallest absolute Gasteiger partial charge is 0.343 e. The number of hydrogen-bond donors (Lipinski definition) is 3. The summed E-state index contributed by atoms with van der Waals surface area (Å²) in [5, 5.41) is 34.7. The van der Waals surface area contributed by atoms with Crippen LogP contribution in [-0.2, 0) is 33.3 Å². The van der Waals surface area contributed by atoms with Gasteiger partial charge in [-0.3, -0.25) is 4.79 Å². The van der Waals surface area contributed by atoms with Gasteiger partial charge in [-0.25, -0.2) is 9.59 Å². The zero-order chi connectivity index (χ0) is 21.8. The molecule has 2 spiro atoms. The largest absolute Gasteiger partial charge is 0.459 e. The molecule has 11 atom stereocenters. The molecule has 3 N–H and O–H groups in total. The van der Waals surface area contributed by atoms with Crippen LogP contribution >= 0.6 is 0 Å². The van der Waals surface area contributed by atoms with Gasteiger partial charge in [-0.1, -0.05) is 20.8 Å². The molecule has 6 aliphatic rings. The van der Waals surface area contributed by atoms with Crippen molar-refractivity contribution >= 4 is 17.9 Å². The van der Waals surface area contributed by atoms with Gasteiger partial charge in [-0.15, -0.1) is 0 Å². The van der Waals surface area contributed by atoms with E-state index in [4.69, 9.17) is 18.9 Å². The summed E-state index contributed by atoms with van der Waals surface area (Å²) in [4.78, 5) is 38.2. The number of fused-ring (bicyclic) bond motifs is 1. The average Bonchev–Trinajstić information content (AvgIpc) is 3.35. The van der Waals surface area contributed by atoms with Crippen LogP contribution in [0, 0.1) is 28.1 Å². The van der Waals surface area contributed by atoms with Gasteiger partial charge in [0, 0.05) is 0 Å². The van der Waals surface area contributed by atoms with Crippen molar-refractivity contribution in [2.45, 2.75) is 76.0 Å². The minimum Gasteiger partial charge on any atom is -0.459 e. The fourth-order valence-electron chi connectivity index (χ4n) is 8.12. The lowest BCUT2D eigenvalue weighted by molar-refractivity contribution is -0.239. The molecule has 6 fully saturated rings. The van der Waals surface area contributed by atoms with E-state index in [1.807, 2.05) is 20.8 Å². The van der Waals surface area contributed by atoms with Crippen LogP contribution < -0.4 is 0 Å². The molecule has 164 valence electrons. The second-order valence-electron chi connectivity index (χ2n) is 10.7. The van der Waals surface area contributed by atoms with Crippen LogP contribution in [0.4, 0.5) is 0 Å². The first-order valence-electron chi connectivity index (χ1n) is 10.2. The molecule has 0 radical (unpaired) electrons. The first-order chi connectivity index (χ1) is 13.8. The van der Waals surface area contributed by atoms with Gasteiger partial charge in [0.15, 0.2) is 17.8 Å². The molecule has 1 unspecified atom stereocenters. The first-order valence-corrected chi connectivity index (χ1v) is 10.2. The second kappa shape index (κ2) is 4.69. The predicted molar refractivity (Wildman–Crippen MR) is 92.0 cm³/mol. The molecular weight excluding hydrogens is 400 g/mol. The summed E-state index contributed by atoms with van der Waals surface area (Å²) in [6.07, 6.45) is -6.91. The Labute approximate surface area is 171 Å². The van der Waals surface area contributed by atoms with Gasteiger partial charge in [0.05, 0.1) is 16.7 Å². The number of aliphatic hydroxyl groups is 3. The number of rotatable bonds is 0. The van der Waals surface area contributed by atoms with Crippen LogP contribution in [0.25, 0.3) is 0 Å². The van der Waals surface area contributed by atoms with Crippen molar-refractivity contribution in [1.29, 1.82) is 0 Å². The zero-order valence-electron chi connectivity index (χ0n) is 16.9. The summed E-state index contributed by atoms with van der Waals surface area (Å²) < 4.78 is 22.5. The lowest BCUT2D eigenvalue weighted by Gasteiger charge is -2.47. The van der Waals surface area contributed by atoms with Crippen molar-refractivity contribution in [3.05, 3.63) is 0 Å². The summed E-state index contributed by atoms with van der Waals surface area (Å²) in [6.45, 7) is 7.14. The lowest BCUT2D eigenvalue weighted by atomic mass is 9.51. The monoisotopic (exact) mass is 424 g/mol. The van der Waals surface area contributed by atoms with Crippen molar-refractivity contribution in [1.82, 2.24) is 0 Å². The summed E-state index contributed by atoms with van der Waals surface area (Å²) in [7, 11) is 0. The van der Waals surface area contributed by atoms with E-state index in [0.717, 1.165) is 0 Å². The van der Waals surface area contributed by atoms with Gasteiger partial charge in [-0.05, 0) is 24.7 Å². The Kier molecular flexibility index (Phi) is 2.97. The van der Waals surface area contributed by atoms with Crippen molar-refractivity contribution in [2.24, 2.45) is 28.1 Å². The molecule has 10 nitrogen and oxygen atoms in total. The van der Waals surface area contributed by atoms with Crippen molar-refractivity contribution in [3.63, 3.8) is 0 Å².